The van der Waals surface area contributed by atoms with E-state index in [0.29, 0.717) is 25.3 Å². The number of phenols is 1. The Balaban J connectivity index is 1.50. The number of para-hydroxylation sites is 1. The van der Waals surface area contributed by atoms with Crippen LogP contribution in [0, 0.1) is 17.8 Å². The summed E-state index contributed by atoms with van der Waals surface area (Å²) in [5, 5.41) is 10.1. The second kappa shape index (κ2) is 9.62. The highest BCUT2D eigenvalue weighted by Gasteiger charge is 2.56. The zero-order valence-corrected chi connectivity index (χ0v) is 19.5. The molecule has 172 valence electrons. The monoisotopic (exact) mass is 437 g/mol. The Morgan fingerprint density at radius 3 is 2.62 bits per heavy atom. The van der Waals surface area contributed by atoms with E-state index in [0.717, 1.165) is 37.7 Å². The molecule has 32 heavy (non-hydrogen) atoms. The fourth-order valence-electron chi connectivity index (χ4n) is 5.87. The summed E-state index contributed by atoms with van der Waals surface area (Å²) in [6.45, 7) is 7.34. The lowest BCUT2D eigenvalue weighted by Gasteiger charge is -2.30. The molecule has 2 fully saturated rings. The maximum Gasteiger partial charge on any atom is 0.233 e. The highest BCUT2D eigenvalue weighted by Crippen LogP contribution is 2.49. The summed E-state index contributed by atoms with van der Waals surface area (Å²) in [4.78, 5) is 27.4. The number of aromatic hydroxyl groups is 1. The molecule has 1 aromatic rings. The minimum absolute atomic E-state index is 0.00669. The molecule has 0 bridgehead atoms. The van der Waals surface area contributed by atoms with Gasteiger partial charge in [-0.2, -0.15) is 0 Å². The first-order valence-corrected chi connectivity index (χ1v) is 12.1. The van der Waals surface area contributed by atoms with Gasteiger partial charge in [0.15, 0.2) is 0 Å². The number of imide groups is 1. The third-order valence-electron chi connectivity index (χ3n) is 7.29. The summed E-state index contributed by atoms with van der Waals surface area (Å²) in [7, 11) is 0. The number of carbonyl (C=O) groups excluding carboxylic acids is 2. The van der Waals surface area contributed by atoms with E-state index in [-0.39, 0.29) is 35.7 Å². The van der Waals surface area contributed by atoms with Crippen LogP contribution in [-0.4, -0.2) is 41.1 Å². The third-order valence-corrected chi connectivity index (χ3v) is 7.29. The van der Waals surface area contributed by atoms with Crippen LogP contribution < -0.4 is 0 Å². The predicted molar refractivity (Wildman–Crippen MR) is 125 cm³/mol. The Kier molecular flexibility index (Phi) is 6.85. The molecule has 1 aromatic carbocycles. The number of benzene rings is 1. The third kappa shape index (κ3) is 4.15. The highest BCUT2D eigenvalue weighted by molar-refractivity contribution is 6.05. The number of allylic oxidation sites excluding steroid dienone is 2. The number of nitrogens with zero attached hydrogens (tertiary/aromatic N) is 1. The maximum atomic E-state index is 13.1. The fraction of sp³-hybridized carbons (Fsp3) is 0.556. The summed E-state index contributed by atoms with van der Waals surface area (Å²) in [5.41, 5.74) is 4.65. The Labute approximate surface area is 191 Å². The molecule has 0 aromatic heterocycles. The number of fused-ring (bicyclic) bond motifs is 3. The van der Waals surface area contributed by atoms with Crippen molar-refractivity contribution >= 4 is 17.9 Å². The largest absolute Gasteiger partial charge is 0.507 e. The Morgan fingerprint density at radius 2 is 1.91 bits per heavy atom. The number of amides is 2. The van der Waals surface area contributed by atoms with Gasteiger partial charge in [-0.25, -0.2) is 0 Å². The number of likely N-dealkylation sites (tertiary alicyclic amines) is 1. The molecule has 3 aliphatic rings. The quantitative estimate of drug-likeness (QED) is 0.454. The molecule has 1 aliphatic carbocycles. The van der Waals surface area contributed by atoms with Crippen molar-refractivity contribution < 1.29 is 19.4 Å². The minimum atomic E-state index is -0.246. The van der Waals surface area contributed by atoms with E-state index in [4.69, 9.17) is 4.74 Å². The Hall–Kier alpha value is -2.40. The molecule has 5 nitrogen and oxygen atoms in total. The molecule has 0 spiro atoms. The van der Waals surface area contributed by atoms with Crippen molar-refractivity contribution in [3.8, 4) is 5.75 Å². The van der Waals surface area contributed by atoms with E-state index in [9.17, 15) is 14.7 Å². The van der Waals surface area contributed by atoms with Crippen molar-refractivity contribution in [1.29, 1.82) is 0 Å². The van der Waals surface area contributed by atoms with E-state index in [2.05, 4.69) is 19.9 Å². The summed E-state index contributed by atoms with van der Waals surface area (Å²) in [6, 6.07) is 7.43. The molecule has 0 saturated carbocycles. The number of carbonyl (C=O) groups is 2. The van der Waals surface area contributed by atoms with Crippen molar-refractivity contribution in [1.82, 2.24) is 4.90 Å². The molecule has 2 amide bonds. The molecular weight excluding hydrogens is 402 g/mol. The second-order valence-corrected chi connectivity index (χ2v) is 9.48. The van der Waals surface area contributed by atoms with E-state index < -0.39 is 0 Å². The molecule has 5 heteroatoms. The van der Waals surface area contributed by atoms with Crippen molar-refractivity contribution in [2.24, 2.45) is 17.8 Å². The van der Waals surface area contributed by atoms with E-state index in [1.54, 1.807) is 6.07 Å². The van der Waals surface area contributed by atoms with Crippen molar-refractivity contribution in [2.45, 2.75) is 65.4 Å². The van der Waals surface area contributed by atoms with Crippen molar-refractivity contribution in [2.75, 3.05) is 13.2 Å². The summed E-state index contributed by atoms with van der Waals surface area (Å²) in [5.74, 6) is -0.0942. The summed E-state index contributed by atoms with van der Waals surface area (Å²) >= 11 is 0. The van der Waals surface area contributed by atoms with Gasteiger partial charge in [-0.15, -0.1) is 0 Å². The molecule has 2 heterocycles. The van der Waals surface area contributed by atoms with Crippen LogP contribution in [0.4, 0.5) is 0 Å². The molecule has 4 atom stereocenters. The molecule has 2 saturated heterocycles. The molecule has 4 rings (SSSR count). The van der Waals surface area contributed by atoms with Gasteiger partial charge in [0.1, 0.15) is 5.75 Å². The highest BCUT2D eigenvalue weighted by atomic mass is 16.5. The second-order valence-electron chi connectivity index (χ2n) is 9.48. The van der Waals surface area contributed by atoms with Gasteiger partial charge in [0.05, 0.1) is 24.5 Å². The predicted octanol–water partition coefficient (Wildman–Crippen LogP) is 5.10. The number of phenolic OH excluding ortho intramolecular Hbond substituents is 1. The molecule has 0 radical (unpaired) electrons. The standard InChI is InChI=1S/C27H35NO4/c1-4-8-18(15-19-9-6-7-10-22(19)29)11-12-23-24-17(3)14-20-25(21(24)16-32-23)27(31)28(13-5-2)26(20)30/h6-7,9-10,15,20-21,23,25,29H,4-5,8,11-14,16H2,1-3H3/b18-15+/t20-,21+,23-,25-/m1/s1. The van der Waals surface area contributed by atoms with Crippen LogP contribution in [0.15, 0.2) is 41.0 Å². The zero-order chi connectivity index (χ0) is 22.8. The molecular formula is C27H35NO4. The summed E-state index contributed by atoms with van der Waals surface area (Å²) < 4.78 is 6.24. The molecule has 0 unspecified atom stereocenters. The van der Waals surface area contributed by atoms with Crippen LogP contribution in [0.5, 0.6) is 5.75 Å². The lowest BCUT2D eigenvalue weighted by atomic mass is 9.70. The average Bonchev–Trinajstić information content (AvgIpc) is 3.29. The molecule has 2 aliphatic heterocycles. The summed E-state index contributed by atoms with van der Waals surface area (Å²) in [6.07, 6.45) is 7.36. The maximum absolute atomic E-state index is 13.1. The topological polar surface area (TPSA) is 66.8 Å². The minimum Gasteiger partial charge on any atom is -0.507 e. The van der Waals surface area contributed by atoms with Crippen LogP contribution in [0.1, 0.15) is 64.9 Å². The van der Waals surface area contributed by atoms with Gasteiger partial charge >= 0.3 is 0 Å². The lowest BCUT2D eigenvalue weighted by molar-refractivity contribution is -0.140. The lowest BCUT2D eigenvalue weighted by Crippen LogP contribution is -2.34. The van der Waals surface area contributed by atoms with E-state index in [1.807, 2.05) is 25.1 Å². The first kappa shape index (κ1) is 22.8. The molecule has 1 N–H and O–H groups in total. The van der Waals surface area contributed by atoms with Gasteiger partial charge in [-0.05, 0) is 50.7 Å². The van der Waals surface area contributed by atoms with Gasteiger partial charge in [0, 0.05) is 18.0 Å². The van der Waals surface area contributed by atoms with Crippen molar-refractivity contribution in [3.05, 3.63) is 46.5 Å². The number of hydrogen-bond acceptors (Lipinski definition) is 4. The number of rotatable bonds is 8. The fourth-order valence-corrected chi connectivity index (χ4v) is 5.87. The number of ether oxygens (including phenoxy) is 1. The zero-order valence-electron chi connectivity index (χ0n) is 19.5. The SMILES string of the molecule is CCC/C(=C\c1ccccc1O)CC[C@H]1OC[C@H]2C1=C(C)C[C@H]1C(=O)N(CCC)C(=O)[C@H]12. The first-order chi connectivity index (χ1) is 15.5. The van der Waals surface area contributed by atoms with Crippen LogP contribution in [0.2, 0.25) is 0 Å². The van der Waals surface area contributed by atoms with Crippen LogP contribution in [0.3, 0.4) is 0 Å². The van der Waals surface area contributed by atoms with Crippen LogP contribution in [0.25, 0.3) is 6.08 Å². The van der Waals surface area contributed by atoms with Crippen LogP contribution >= 0.6 is 0 Å². The first-order valence-electron chi connectivity index (χ1n) is 12.1. The smallest absolute Gasteiger partial charge is 0.233 e. The van der Waals surface area contributed by atoms with E-state index in [1.165, 1.54) is 21.6 Å². The van der Waals surface area contributed by atoms with Gasteiger partial charge in [-0.3, -0.25) is 14.5 Å². The Bertz CT molecular complexity index is 947. The van der Waals surface area contributed by atoms with Crippen molar-refractivity contribution in [3.63, 3.8) is 0 Å². The average molecular weight is 438 g/mol. The Morgan fingerprint density at radius 1 is 1.12 bits per heavy atom. The van der Waals surface area contributed by atoms with Gasteiger partial charge in [0.2, 0.25) is 11.8 Å². The van der Waals surface area contributed by atoms with E-state index >= 15 is 0 Å². The van der Waals surface area contributed by atoms with Gasteiger partial charge in [0.25, 0.3) is 0 Å². The van der Waals surface area contributed by atoms with Gasteiger partial charge < -0.3 is 9.84 Å². The normalized spacial score (nSPS) is 27.8. The van der Waals surface area contributed by atoms with Crippen LogP contribution in [-0.2, 0) is 14.3 Å². The number of hydrogen-bond donors (Lipinski definition) is 1. The van der Waals surface area contributed by atoms with Gasteiger partial charge in [-0.1, -0.05) is 55.7 Å².